The van der Waals surface area contributed by atoms with Crippen LogP contribution in [0.5, 0.6) is 0 Å². The summed E-state index contributed by atoms with van der Waals surface area (Å²) in [6, 6.07) is 17.9. The minimum atomic E-state index is 0.642. The maximum absolute atomic E-state index is 6.17. The van der Waals surface area contributed by atoms with Crippen molar-refractivity contribution in [1.29, 1.82) is 0 Å². The van der Waals surface area contributed by atoms with Gasteiger partial charge in [0.1, 0.15) is 11.4 Å². The first kappa shape index (κ1) is 14.8. The van der Waals surface area contributed by atoms with E-state index in [-0.39, 0.29) is 0 Å². The van der Waals surface area contributed by atoms with Crippen molar-refractivity contribution in [1.82, 2.24) is 20.3 Å². The van der Waals surface area contributed by atoms with Gasteiger partial charge in [-0.3, -0.25) is 0 Å². The third-order valence-corrected chi connectivity index (χ3v) is 3.77. The van der Waals surface area contributed by atoms with Crippen LogP contribution < -0.4 is 5.32 Å². The molecule has 3 rings (SSSR count). The lowest BCUT2D eigenvalue weighted by Crippen LogP contribution is -2.14. The van der Waals surface area contributed by atoms with Gasteiger partial charge < -0.3 is 5.32 Å². The van der Waals surface area contributed by atoms with Crippen LogP contribution in [0.3, 0.4) is 0 Å². The highest BCUT2D eigenvalue weighted by atomic mass is 35.5. The van der Waals surface area contributed by atoms with E-state index in [2.05, 4.69) is 15.5 Å². The number of halogens is 1. The number of benzene rings is 2. The minimum Gasteiger partial charge on any atom is -0.307 e. The van der Waals surface area contributed by atoms with Gasteiger partial charge in [-0.25, -0.2) is 0 Å². The Kier molecular flexibility index (Phi) is 4.51. The molecule has 0 amide bonds. The molecule has 22 heavy (non-hydrogen) atoms. The lowest BCUT2D eigenvalue weighted by molar-refractivity contribution is 0.623. The highest BCUT2D eigenvalue weighted by molar-refractivity contribution is 6.31. The van der Waals surface area contributed by atoms with Crippen molar-refractivity contribution < 1.29 is 0 Å². The van der Waals surface area contributed by atoms with Crippen LogP contribution in [0.15, 0.2) is 54.6 Å². The maximum Gasteiger partial charge on any atom is 0.117 e. The van der Waals surface area contributed by atoms with Crippen LogP contribution in [0.4, 0.5) is 0 Å². The zero-order valence-electron chi connectivity index (χ0n) is 12.3. The van der Waals surface area contributed by atoms with E-state index >= 15 is 0 Å². The highest BCUT2D eigenvalue weighted by Crippen LogP contribution is 2.20. The fourth-order valence-electron chi connectivity index (χ4n) is 2.34. The van der Waals surface area contributed by atoms with Gasteiger partial charge in [0.05, 0.1) is 0 Å². The molecule has 5 heteroatoms. The Morgan fingerprint density at radius 2 is 1.68 bits per heavy atom. The van der Waals surface area contributed by atoms with Gasteiger partial charge in [0.25, 0.3) is 0 Å². The van der Waals surface area contributed by atoms with Gasteiger partial charge in [0.15, 0.2) is 0 Å². The van der Waals surface area contributed by atoms with Crippen LogP contribution in [0.1, 0.15) is 11.3 Å². The molecule has 0 fully saturated rings. The van der Waals surface area contributed by atoms with Crippen LogP contribution in [0, 0.1) is 0 Å². The number of hydrogen-bond acceptors (Lipinski definition) is 3. The van der Waals surface area contributed by atoms with Crippen LogP contribution in [-0.4, -0.2) is 15.0 Å². The Labute approximate surface area is 134 Å². The van der Waals surface area contributed by atoms with Gasteiger partial charge in [-0.2, -0.15) is 15.0 Å². The monoisotopic (exact) mass is 312 g/mol. The third kappa shape index (κ3) is 3.35. The first-order chi connectivity index (χ1) is 10.7. The lowest BCUT2D eigenvalue weighted by atomic mass is 10.1. The van der Waals surface area contributed by atoms with Crippen molar-refractivity contribution in [2.45, 2.75) is 13.1 Å². The molecule has 0 saturated heterocycles. The number of aryl methyl sites for hydroxylation is 1. The van der Waals surface area contributed by atoms with Crippen molar-refractivity contribution in [2.24, 2.45) is 7.05 Å². The Balaban J connectivity index is 1.72. The van der Waals surface area contributed by atoms with E-state index in [9.17, 15) is 0 Å². The normalized spacial score (nSPS) is 10.8. The van der Waals surface area contributed by atoms with E-state index in [0.717, 1.165) is 27.5 Å². The first-order valence-electron chi connectivity index (χ1n) is 7.14. The molecule has 1 N–H and O–H groups in total. The molecule has 1 heterocycles. The Hall–Kier alpha value is -2.17. The zero-order chi connectivity index (χ0) is 15.4. The van der Waals surface area contributed by atoms with Gasteiger partial charge in [-0.15, -0.1) is 0 Å². The molecular formula is C17H17ClN4. The molecule has 1 aromatic heterocycles. The first-order valence-corrected chi connectivity index (χ1v) is 7.51. The van der Waals surface area contributed by atoms with Gasteiger partial charge in [-0.05, 0) is 11.6 Å². The highest BCUT2D eigenvalue weighted by Gasteiger charge is 2.11. The van der Waals surface area contributed by atoms with Crippen LogP contribution >= 0.6 is 11.6 Å². The topological polar surface area (TPSA) is 42.7 Å². The molecule has 4 nitrogen and oxygen atoms in total. The molecule has 112 valence electrons. The Morgan fingerprint density at radius 1 is 0.955 bits per heavy atom. The number of nitrogens with zero attached hydrogens (tertiary/aromatic N) is 3. The quantitative estimate of drug-likeness (QED) is 0.785. The van der Waals surface area contributed by atoms with Crippen molar-refractivity contribution in [3.05, 3.63) is 70.9 Å². The largest absolute Gasteiger partial charge is 0.307 e. The summed E-state index contributed by atoms with van der Waals surface area (Å²) in [6.45, 7) is 1.34. The molecule has 0 aliphatic carbocycles. The number of nitrogens with one attached hydrogen (secondary N) is 1. The Bertz CT molecular complexity index is 752. The molecular weight excluding hydrogens is 296 g/mol. The number of aromatic nitrogens is 3. The van der Waals surface area contributed by atoms with E-state index in [1.807, 2.05) is 61.6 Å². The lowest BCUT2D eigenvalue weighted by Gasteiger charge is -2.06. The van der Waals surface area contributed by atoms with Gasteiger partial charge in [0.2, 0.25) is 0 Å². The molecule has 0 saturated carbocycles. The van der Waals surface area contributed by atoms with Crippen molar-refractivity contribution in [2.75, 3.05) is 0 Å². The predicted octanol–water partition coefficient (Wildman–Crippen LogP) is 3.43. The number of hydrogen-bond donors (Lipinski definition) is 1. The molecule has 2 aromatic carbocycles. The summed E-state index contributed by atoms with van der Waals surface area (Å²) in [7, 11) is 1.84. The van der Waals surface area contributed by atoms with Crippen LogP contribution in [0.25, 0.3) is 11.3 Å². The predicted molar refractivity (Wildman–Crippen MR) is 88.4 cm³/mol. The van der Waals surface area contributed by atoms with Gasteiger partial charge in [0, 0.05) is 30.7 Å². The molecule has 3 aromatic rings. The molecule has 0 aliphatic rings. The van der Waals surface area contributed by atoms with E-state index in [4.69, 9.17) is 11.6 Å². The fraction of sp³-hybridized carbons (Fsp3) is 0.176. The average Bonchev–Trinajstić information content (AvgIpc) is 2.91. The summed E-state index contributed by atoms with van der Waals surface area (Å²) < 4.78 is 0. The standard InChI is InChI=1S/C17H17ClN4/c1-22-20-16(17(21-22)13-7-3-2-4-8-13)12-19-11-14-9-5-6-10-15(14)18/h2-10,19H,11-12H2,1H3. The zero-order valence-corrected chi connectivity index (χ0v) is 13.1. The number of rotatable bonds is 5. The third-order valence-electron chi connectivity index (χ3n) is 3.40. The van der Waals surface area contributed by atoms with E-state index in [0.29, 0.717) is 13.1 Å². The molecule has 0 spiro atoms. The van der Waals surface area contributed by atoms with Crippen LogP contribution in [0.2, 0.25) is 5.02 Å². The average molecular weight is 313 g/mol. The minimum absolute atomic E-state index is 0.642. The molecule has 0 aliphatic heterocycles. The molecule has 0 atom stereocenters. The van der Waals surface area contributed by atoms with E-state index < -0.39 is 0 Å². The van der Waals surface area contributed by atoms with E-state index in [1.54, 1.807) is 4.80 Å². The van der Waals surface area contributed by atoms with E-state index in [1.165, 1.54) is 0 Å². The fourth-order valence-corrected chi connectivity index (χ4v) is 2.55. The van der Waals surface area contributed by atoms with Gasteiger partial charge in [-0.1, -0.05) is 60.1 Å². The Morgan fingerprint density at radius 3 is 2.45 bits per heavy atom. The summed E-state index contributed by atoms with van der Waals surface area (Å²) in [6.07, 6.45) is 0. The second-order valence-electron chi connectivity index (χ2n) is 5.05. The van der Waals surface area contributed by atoms with Crippen LogP contribution in [-0.2, 0) is 20.1 Å². The maximum atomic E-state index is 6.17. The smallest absolute Gasteiger partial charge is 0.117 e. The SMILES string of the molecule is Cn1nc(CNCc2ccccc2Cl)c(-c2ccccc2)n1. The van der Waals surface area contributed by atoms with Gasteiger partial charge >= 0.3 is 0 Å². The molecule has 0 bridgehead atoms. The summed E-state index contributed by atoms with van der Waals surface area (Å²) >= 11 is 6.17. The summed E-state index contributed by atoms with van der Waals surface area (Å²) in [5.74, 6) is 0. The van der Waals surface area contributed by atoms with Crippen molar-refractivity contribution >= 4 is 11.6 Å². The summed E-state index contributed by atoms with van der Waals surface area (Å²) in [4.78, 5) is 1.61. The molecule has 0 radical (unpaired) electrons. The van der Waals surface area contributed by atoms with Crippen molar-refractivity contribution in [3.63, 3.8) is 0 Å². The summed E-state index contributed by atoms with van der Waals surface area (Å²) in [5, 5.41) is 13.1. The second kappa shape index (κ2) is 6.73. The second-order valence-corrected chi connectivity index (χ2v) is 5.45. The molecule has 0 unspecified atom stereocenters. The van der Waals surface area contributed by atoms with Crippen molar-refractivity contribution in [3.8, 4) is 11.3 Å². The summed E-state index contributed by atoms with van der Waals surface area (Å²) in [5.41, 5.74) is 4.00.